The zero-order valence-corrected chi connectivity index (χ0v) is 16.5. The third-order valence-electron chi connectivity index (χ3n) is 5.02. The topological polar surface area (TPSA) is 51.5 Å². The van der Waals surface area contributed by atoms with Gasteiger partial charge in [-0.25, -0.2) is 9.50 Å². The molecule has 1 aliphatic heterocycles. The zero-order valence-electron chi connectivity index (χ0n) is 16.5. The summed E-state index contributed by atoms with van der Waals surface area (Å²) in [5.74, 6) is 0.871. The van der Waals surface area contributed by atoms with Crippen LogP contribution in [0.25, 0.3) is 22.3 Å². The minimum absolute atomic E-state index is 0.163. The van der Waals surface area contributed by atoms with Crippen LogP contribution in [0.1, 0.15) is 25.0 Å². The normalized spacial score (nSPS) is 13.1. The Balaban J connectivity index is 1.50. The van der Waals surface area contributed by atoms with Gasteiger partial charge in [-0.3, -0.25) is 0 Å². The third-order valence-corrected chi connectivity index (χ3v) is 5.02. The van der Waals surface area contributed by atoms with E-state index in [4.69, 9.17) is 9.72 Å². The van der Waals surface area contributed by atoms with Crippen molar-refractivity contribution in [3.05, 3.63) is 84.3 Å². The van der Waals surface area contributed by atoms with Gasteiger partial charge in [0.1, 0.15) is 5.75 Å². The summed E-state index contributed by atoms with van der Waals surface area (Å²) >= 11 is 0. The molecule has 5 nitrogen and oxygen atoms in total. The molecule has 29 heavy (non-hydrogen) atoms. The number of fused-ring (bicyclic) bond motifs is 2. The highest BCUT2D eigenvalue weighted by Crippen LogP contribution is 2.34. The van der Waals surface area contributed by atoms with Gasteiger partial charge in [-0.05, 0) is 43.2 Å². The van der Waals surface area contributed by atoms with Crippen LogP contribution in [-0.4, -0.2) is 27.2 Å². The lowest BCUT2D eigenvalue weighted by Gasteiger charge is -2.18. The first-order valence-corrected chi connectivity index (χ1v) is 9.83. The molecule has 0 radical (unpaired) electrons. The SMILES string of the molecule is CC(C)Oc1ccc(-c2cnc3c(C4=CCNc5ccccc54)cnn3c2)cc1. The molecule has 144 valence electrons. The van der Waals surface area contributed by atoms with Crippen LogP contribution in [0.15, 0.2) is 73.2 Å². The molecular formula is C24H22N4O. The van der Waals surface area contributed by atoms with E-state index in [0.29, 0.717) is 0 Å². The van der Waals surface area contributed by atoms with Crippen LogP contribution in [-0.2, 0) is 0 Å². The Morgan fingerprint density at radius 3 is 2.62 bits per heavy atom. The Bertz CT molecular complexity index is 1210. The molecule has 1 N–H and O–H groups in total. The van der Waals surface area contributed by atoms with E-state index in [-0.39, 0.29) is 6.10 Å². The van der Waals surface area contributed by atoms with Gasteiger partial charge in [-0.1, -0.05) is 36.4 Å². The first-order valence-electron chi connectivity index (χ1n) is 9.83. The van der Waals surface area contributed by atoms with Crippen LogP contribution >= 0.6 is 0 Å². The summed E-state index contributed by atoms with van der Waals surface area (Å²) in [6.45, 7) is 4.85. The van der Waals surface area contributed by atoms with Crippen molar-refractivity contribution in [3.8, 4) is 16.9 Å². The molecule has 0 atom stereocenters. The van der Waals surface area contributed by atoms with Crippen LogP contribution < -0.4 is 10.1 Å². The molecule has 2 aromatic carbocycles. The van der Waals surface area contributed by atoms with E-state index >= 15 is 0 Å². The molecule has 0 fully saturated rings. The van der Waals surface area contributed by atoms with Gasteiger partial charge in [0.2, 0.25) is 0 Å². The number of nitrogens with one attached hydrogen (secondary N) is 1. The van der Waals surface area contributed by atoms with E-state index in [2.05, 4.69) is 46.8 Å². The predicted molar refractivity (Wildman–Crippen MR) is 116 cm³/mol. The van der Waals surface area contributed by atoms with Crippen molar-refractivity contribution >= 4 is 16.9 Å². The lowest BCUT2D eigenvalue weighted by molar-refractivity contribution is 0.242. The van der Waals surface area contributed by atoms with Gasteiger partial charge in [0.25, 0.3) is 0 Å². The standard InChI is InChI=1S/C24H22N4O/c1-16(2)29-19-9-7-17(8-10-19)18-13-26-24-22(14-27-28(24)15-18)20-11-12-25-23-6-4-3-5-21(20)23/h3-11,13-16,25H,12H2,1-2H3. The Kier molecular flexibility index (Phi) is 4.28. The monoisotopic (exact) mass is 382 g/mol. The molecule has 5 rings (SSSR count). The quantitative estimate of drug-likeness (QED) is 0.537. The molecular weight excluding hydrogens is 360 g/mol. The molecule has 2 aromatic heterocycles. The van der Waals surface area contributed by atoms with E-state index in [0.717, 1.165) is 40.3 Å². The van der Waals surface area contributed by atoms with Crippen molar-refractivity contribution in [3.63, 3.8) is 0 Å². The molecule has 0 spiro atoms. The number of nitrogens with zero attached hydrogens (tertiary/aromatic N) is 3. The number of benzene rings is 2. The Labute approximate surface area is 169 Å². The van der Waals surface area contributed by atoms with E-state index in [1.165, 1.54) is 11.1 Å². The number of aromatic nitrogens is 3. The van der Waals surface area contributed by atoms with Crippen LogP contribution in [0.4, 0.5) is 5.69 Å². The van der Waals surface area contributed by atoms with Crippen molar-refractivity contribution in [2.75, 3.05) is 11.9 Å². The van der Waals surface area contributed by atoms with Gasteiger partial charge in [-0.15, -0.1) is 0 Å². The van der Waals surface area contributed by atoms with Crippen LogP contribution in [0, 0.1) is 0 Å². The summed E-state index contributed by atoms with van der Waals surface area (Å²) in [6, 6.07) is 16.4. The highest BCUT2D eigenvalue weighted by atomic mass is 16.5. The molecule has 1 aliphatic rings. The number of para-hydroxylation sites is 1. The van der Waals surface area contributed by atoms with E-state index in [1.54, 1.807) is 0 Å². The first kappa shape index (κ1) is 17.5. The molecule has 4 aromatic rings. The maximum Gasteiger partial charge on any atom is 0.162 e. The highest BCUT2D eigenvalue weighted by molar-refractivity contribution is 5.92. The van der Waals surface area contributed by atoms with Crippen molar-refractivity contribution in [2.24, 2.45) is 0 Å². The average molecular weight is 382 g/mol. The minimum Gasteiger partial charge on any atom is -0.491 e. The summed E-state index contributed by atoms with van der Waals surface area (Å²) < 4.78 is 7.59. The number of hydrogen-bond acceptors (Lipinski definition) is 4. The fourth-order valence-electron chi connectivity index (χ4n) is 3.71. The number of ether oxygens (including phenoxy) is 1. The van der Waals surface area contributed by atoms with Crippen molar-refractivity contribution in [1.29, 1.82) is 0 Å². The highest BCUT2D eigenvalue weighted by Gasteiger charge is 2.18. The summed E-state index contributed by atoms with van der Waals surface area (Å²) in [4.78, 5) is 4.74. The Hall–Kier alpha value is -3.60. The van der Waals surface area contributed by atoms with Gasteiger partial charge in [-0.2, -0.15) is 5.10 Å². The second-order valence-electron chi connectivity index (χ2n) is 7.40. The third kappa shape index (κ3) is 3.25. The maximum atomic E-state index is 5.73. The maximum absolute atomic E-state index is 5.73. The van der Waals surface area contributed by atoms with Crippen LogP contribution in [0.2, 0.25) is 0 Å². The van der Waals surface area contributed by atoms with Crippen LogP contribution in [0.3, 0.4) is 0 Å². The van der Waals surface area contributed by atoms with Crippen molar-refractivity contribution in [2.45, 2.75) is 20.0 Å². The molecule has 3 heterocycles. The predicted octanol–water partition coefficient (Wildman–Crippen LogP) is 5.04. The van der Waals surface area contributed by atoms with E-state index < -0.39 is 0 Å². The average Bonchev–Trinajstić information content (AvgIpc) is 3.16. The van der Waals surface area contributed by atoms with Gasteiger partial charge in [0.05, 0.1) is 12.3 Å². The lowest BCUT2D eigenvalue weighted by Crippen LogP contribution is -2.08. The van der Waals surface area contributed by atoms with Crippen molar-refractivity contribution < 1.29 is 4.74 Å². The van der Waals surface area contributed by atoms with E-state index in [9.17, 15) is 0 Å². The van der Waals surface area contributed by atoms with Gasteiger partial charge in [0.15, 0.2) is 5.65 Å². The molecule has 0 aliphatic carbocycles. The molecule has 5 heteroatoms. The van der Waals surface area contributed by atoms with Crippen molar-refractivity contribution in [1.82, 2.24) is 14.6 Å². The fourth-order valence-corrected chi connectivity index (χ4v) is 3.71. The molecule has 0 amide bonds. The lowest BCUT2D eigenvalue weighted by atomic mass is 9.95. The fraction of sp³-hybridized carbons (Fsp3) is 0.167. The Morgan fingerprint density at radius 2 is 1.79 bits per heavy atom. The second kappa shape index (κ2) is 7.09. The largest absolute Gasteiger partial charge is 0.491 e. The van der Waals surface area contributed by atoms with Gasteiger partial charge < -0.3 is 10.1 Å². The van der Waals surface area contributed by atoms with Gasteiger partial charge in [0, 0.05) is 41.3 Å². The summed E-state index contributed by atoms with van der Waals surface area (Å²) in [5.41, 5.74) is 7.50. The number of hydrogen-bond donors (Lipinski definition) is 1. The van der Waals surface area contributed by atoms with E-state index in [1.807, 2.05) is 55.2 Å². The number of anilines is 1. The van der Waals surface area contributed by atoms with Crippen LogP contribution in [0.5, 0.6) is 5.75 Å². The summed E-state index contributed by atoms with van der Waals surface area (Å²) in [7, 11) is 0. The first-order chi connectivity index (χ1) is 14.2. The summed E-state index contributed by atoms with van der Waals surface area (Å²) in [5, 5.41) is 7.99. The molecule has 0 bridgehead atoms. The summed E-state index contributed by atoms with van der Waals surface area (Å²) in [6.07, 6.45) is 8.20. The second-order valence-corrected chi connectivity index (χ2v) is 7.40. The minimum atomic E-state index is 0.163. The molecule has 0 saturated carbocycles. The number of rotatable bonds is 4. The molecule has 0 saturated heterocycles. The molecule has 0 unspecified atom stereocenters. The Morgan fingerprint density at radius 1 is 0.966 bits per heavy atom. The van der Waals surface area contributed by atoms with Gasteiger partial charge >= 0.3 is 0 Å². The zero-order chi connectivity index (χ0) is 19.8. The smallest absolute Gasteiger partial charge is 0.162 e.